The van der Waals surface area contributed by atoms with Gasteiger partial charge in [-0.15, -0.1) is 0 Å². The van der Waals surface area contributed by atoms with Crippen LogP contribution in [0.4, 0.5) is 0 Å². The van der Waals surface area contributed by atoms with Gasteiger partial charge in [-0.3, -0.25) is 0 Å². The van der Waals surface area contributed by atoms with Gasteiger partial charge in [0.2, 0.25) is 0 Å². The highest BCUT2D eigenvalue weighted by molar-refractivity contribution is 4.98. The molecule has 0 saturated heterocycles. The van der Waals surface area contributed by atoms with E-state index in [2.05, 4.69) is 24.3 Å². The molecule has 0 spiro atoms. The lowest BCUT2D eigenvalue weighted by molar-refractivity contribution is 0.192. The Kier molecular flexibility index (Phi) is 8.03. The third-order valence-corrected chi connectivity index (χ3v) is 3.88. The van der Waals surface area contributed by atoms with E-state index in [1.165, 1.54) is 44.9 Å². The molecule has 2 heteroatoms. The van der Waals surface area contributed by atoms with Gasteiger partial charge in [-0.2, -0.15) is 0 Å². The van der Waals surface area contributed by atoms with Crippen LogP contribution < -0.4 is 0 Å². The monoisotopic (exact) mass is 252 g/mol. The molecule has 18 heavy (non-hydrogen) atoms. The molecule has 0 bridgehead atoms. The van der Waals surface area contributed by atoms with Crippen molar-refractivity contribution in [2.45, 2.75) is 44.9 Å². The van der Waals surface area contributed by atoms with Crippen molar-refractivity contribution in [1.29, 1.82) is 0 Å². The highest BCUT2D eigenvalue weighted by atomic mass is 16.5. The van der Waals surface area contributed by atoms with Gasteiger partial charge in [0.05, 0.1) is 13.2 Å². The van der Waals surface area contributed by atoms with Crippen molar-refractivity contribution in [3.63, 3.8) is 0 Å². The van der Waals surface area contributed by atoms with E-state index in [0.29, 0.717) is 5.41 Å². The minimum absolute atomic E-state index is 0.493. The summed E-state index contributed by atoms with van der Waals surface area (Å²) >= 11 is 0. The van der Waals surface area contributed by atoms with Gasteiger partial charge < -0.3 is 9.47 Å². The fourth-order valence-corrected chi connectivity index (χ4v) is 2.79. The first-order chi connectivity index (χ1) is 8.83. The first-order valence-corrected chi connectivity index (χ1v) is 7.11. The predicted octanol–water partition coefficient (Wildman–Crippen LogP) is 4.12. The van der Waals surface area contributed by atoms with Gasteiger partial charge in [-0.1, -0.05) is 43.6 Å². The average Bonchev–Trinajstić information content (AvgIpc) is 2.41. The first-order valence-electron chi connectivity index (χ1n) is 7.11. The van der Waals surface area contributed by atoms with Crippen molar-refractivity contribution < 1.29 is 9.47 Å². The first kappa shape index (κ1) is 15.5. The Hall–Kier alpha value is -0.600. The maximum Gasteiger partial charge on any atom is 0.0643 e. The standard InChI is InChI=1S/C16H28O2/c1-17-14-8-6-12-16(10-4-3-5-11-16)13-7-9-15-18-2/h6-9H,3-5,10-15H2,1-2H3/b8-6+,9-7+. The van der Waals surface area contributed by atoms with Crippen LogP contribution in [0.5, 0.6) is 0 Å². The minimum Gasteiger partial charge on any atom is -0.381 e. The van der Waals surface area contributed by atoms with Crippen molar-refractivity contribution in [3.05, 3.63) is 24.3 Å². The number of hydrogen-bond donors (Lipinski definition) is 0. The van der Waals surface area contributed by atoms with E-state index in [0.717, 1.165) is 13.2 Å². The fraction of sp³-hybridized carbons (Fsp3) is 0.750. The molecule has 1 rings (SSSR count). The summed E-state index contributed by atoms with van der Waals surface area (Å²) in [6.07, 6.45) is 18.2. The molecule has 0 heterocycles. The largest absolute Gasteiger partial charge is 0.381 e. The van der Waals surface area contributed by atoms with Gasteiger partial charge in [-0.25, -0.2) is 0 Å². The molecule has 0 amide bonds. The summed E-state index contributed by atoms with van der Waals surface area (Å²) < 4.78 is 10.1. The molecule has 2 nitrogen and oxygen atoms in total. The zero-order valence-corrected chi connectivity index (χ0v) is 12.0. The number of methoxy groups -OCH3 is 2. The van der Waals surface area contributed by atoms with Gasteiger partial charge in [0.1, 0.15) is 0 Å². The summed E-state index contributed by atoms with van der Waals surface area (Å²) in [4.78, 5) is 0. The second-order valence-corrected chi connectivity index (χ2v) is 5.32. The van der Waals surface area contributed by atoms with Crippen molar-refractivity contribution in [2.75, 3.05) is 27.4 Å². The minimum atomic E-state index is 0.493. The molecule has 1 aliphatic rings. The van der Waals surface area contributed by atoms with Gasteiger partial charge in [0.15, 0.2) is 0 Å². The van der Waals surface area contributed by atoms with Crippen LogP contribution in [0.25, 0.3) is 0 Å². The third-order valence-electron chi connectivity index (χ3n) is 3.88. The Bertz CT molecular complexity index is 230. The van der Waals surface area contributed by atoms with Crippen molar-refractivity contribution in [2.24, 2.45) is 5.41 Å². The predicted molar refractivity (Wildman–Crippen MR) is 76.8 cm³/mol. The Morgan fingerprint density at radius 2 is 1.28 bits per heavy atom. The van der Waals surface area contributed by atoms with Crippen molar-refractivity contribution in [3.8, 4) is 0 Å². The molecule has 0 N–H and O–H groups in total. The van der Waals surface area contributed by atoms with Crippen LogP contribution in [0.2, 0.25) is 0 Å². The van der Waals surface area contributed by atoms with E-state index in [1.807, 2.05) is 0 Å². The molecule has 1 saturated carbocycles. The molecule has 0 aromatic heterocycles. The SMILES string of the molecule is COC/C=C/CC1(C/C=C/COC)CCCCC1. The number of ether oxygens (including phenoxy) is 2. The van der Waals surface area contributed by atoms with Gasteiger partial charge in [0, 0.05) is 14.2 Å². The molecule has 0 aromatic carbocycles. The molecule has 0 aliphatic heterocycles. The molecule has 104 valence electrons. The zero-order chi connectivity index (χ0) is 13.1. The average molecular weight is 252 g/mol. The fourth-order valence-electron chi connectivity index (χ4n) is 2.79. The zero-order valence-electron chi connectivity index (χ0n) is 12.0. The molecular weight excluding hydrogens is 224 g/mol. The summed E-state index contributed by atoms with van der Waals surface area (Å²) in [6, 6.07) is 0. The van der Waals surface area contributed by atoms with E-state index in [1.54, 1.807) is 14.2 Å². The van der Waals surface area contributed by atoms with Crippen LogP contribution in [0.15, 0.2) is 24.3 Å². The van der Waals surface area contributed by atoms with E-state index < -0.39 is 0 Å². The second-order valence-electron chi connectivity index (χ2n) is 5.32. The highest BCUT2D eigenvalue weighted by Gasteiger charge is 2.29. The van der Waals surface area contributed by atoms with E-state index in [4.69, 9.17) is 9.47 Å². The quantitative estimate of drug-likeness (QED) is 0.605. The Labute approximate surface area is 112 Å². The van der Waals surface area contributed by atoms with Crippen LogP contribution in [0.1, 0.15) is 44.9 Å². The molecule has 0 unspecified atom stereocenters. The Balaban J connectivity index is 2.46. The van der Waals surface area contributed by atoms with Gasteiger partial charge in [0.25, 0.3) is 0 Å². The van der Waals surface area contributed by atoms with E-state index in [9.17, 15) is 0 Å². The smallest absolute Gasteiger partial charge is 0.0643 e. The van der Waals surface area contributed by atoms with Crippen molar-refractivity contribution >= 4 is 0 Å². The van der Waals surface area contributed by atoms with Crippen molar-refractivity contribution in [1.82, 2.24) is 0 Å². The normalized spacial score (nSPS) is 19.9. The maximum atomic E-state index is 5.06. The molecule has 0 radical (unpaired) electrons. The third kappa shape index (κ3) is 5.83. The molecule has 1 aliphatic carbocycles. The van der Waals surface area contributed by atoms with E-state index in [-0.39, 0.29) is 0 Å². The lowest BCUT2D eigenvalue weighted by Crippen LogP contribution is -2.22. The maximum absolute atomic E-state index is 5.06. The number of hydrogen-bond acceptors (Lipinski definition) is 2. The number of rotatable bonds is 8. The summed E-state index contributed by atoms with van der Waals surface area (Å²) in [6.45, 7) is 1.46. The summed E-state index contributed by atoms with van der Waals surface area (Å²) in [5, 5.41) is 0. The van der Waals surface area contributed by atoms with Crippen LogP contribution >= 0.6 is 0 Å². The highest BCUT2D eigenvalue weighted by Crippen LogP contribution is 2.42. The second kappa shape index (κ2) is 9.35. The lowest BCUT2D eigenvalue weighted by atomic mass is 9.69. The Morgan fingerprint density at radius 3 is 1.72 bits per heavy atom. The van der Waals surface area contributed by atoms with Crippen LogP contribution in [-0.2, 0) is 9.47 Å². The summed E-state index contributed by atoms with van der Waals surface area (Å²) in [7, 11) is 3.49. The van der Waals surface area contributed by atoms with Crippen LogP contribution in [0, 0.1) is 5.41 Å². The summed E-state index contributed by atoms with van der Waals surface area (Å²) in [5.74, 6) is 0. The van der Waals surface area contributed by atoms with E-state index >= 15 is 0 Å². The van der Waals surface area contributed by atoms with Gasteiger partial charge >= 0.3 is 0 Å². The van der Waals surface area contributed by atoms with Crippen LogP contribution in [-0.4, -0.2) is 27.4 Å². The van der Waals surface area contributed by atoms with Crippen LogP contribution in [0.3, 0.4) is 0 Å². The Morgan fingerprint density at radius 1 is 0.778 bits per heavy atom. The lowest BCUT2D eigenvalue weighted by Gasteiger charge is -2.36. The molecular formula is C16H28O2. The molecule has 0 atom stereocenters. The summed E-state index contributed by atoms with van der Waals surface area (Å²) in [5.41, 5.74) is 0.493. The number of allylic oxidation sites excluding steroid dienone is 2. The van der Waals surface area contributed by atoms with Gasteiger partial charge in [-0.05, 0) is 31.1 Å². The topological polar surface area (TPSA) is 18.5 Å². The molecule has 1 fully saturated rings. The molecule has 0 aromatic rings.